The zero-order valence-corrected chi connectivity index (χ0v) is 11.8. The summed E-state index contributed by atoms with van der Waals surface area (Å²) in [6, 6.07) is 8.63. The number of benzene rings is 1. The summed E-state index contributed by atoms with van der Waals surface area (Å²) in [5, 5.41) is 8.39. The molecule has 0 fully saturated rings. The second-order valence-electron chi connectivity index (χ2n) is 4.85. The van der Waals surface area contributed by atoms with Crippen molar-refractivity contribution in [3.63, 3.8) is 0 Å². The standard InChI is InChI=1S/C15H18N4O/c1-3-16-9-12-4-5-14-13(8-12)6-7-19(14)10-15-17-11(2)18-20-15/h4-8,16H,3,9-10H2,1-2H3. The van der Waals surface area contributed by atoms with Gasteiger partial charge >= 0.3 is 0 Å². The van der Waals surface area contributed by atoms with Gasteiger partial charge in [-0.3, -0.25) is 0 Å². The summed E-state index contributed by atoms with van der Waals surface area (Å²) >= 11 is 0. The molecule has 2 aromatic heterocycles. The van der Waals surface area contributed by atoms with Crippen molar-refractivity contribution in [1.29, 1.82) is 0 Å². The van der Waals surface area contributed by atoms with E-state index in [-0.39, 0.29) is 0 Å². The van der Waals surface area contributed by atoms with E-state index in [1.165, 1.54) is 16.5 Å². The summed E-state index contributed by atoms with van der Waals surface area (Å²) in [5.74, 6) is 1.31. The van der Waals surface area contributed by atoms with E-state index in [0.29, 0.717) is 18.3 Å². The van der Waals surface area contributed by atoms with Gasteiger partial charge in [0.05, 0.1) is 0 Å². The van der Waals surface area contributed by atoms with Crippen LogP contribution in [0, 0.1) is 6.92 Å². The van der Waals surface area contributed by atoms with Crippen molar-refractivity contribution in [2.75, 3.05) is 6.54 Å². The predicted molar refractivity (Wildman–Crippen MR) is 77.5 cm³/mol. The molecule has 2 heterocycles. The van der Waals surface area contributed by atoms with Crippen LogP contribution in [0.5, 0.6) is 0 Å². The van der Waals surface area contributed by atoms with E-state index in [9.17, 15) is 0 Å². The van der Waals surface area contributed by atoms with Gasteiger partial charge in [-0.1, -0.05) is 18.1 Å². The number of nitrogens with zero attached hydrogens (tertiary/aromatic N) is 3. The van der Waals surface area contributed by atoms with Gasteiger partial charge in [0.25, 0.3) is 0 Å². The lowest BCUT2D eigenvalue weighted by Gasteiger charge is -2.04. The highest BCUT2D eigenvalue weighted by atomic mass is 16.5. The van der Waals surface area contributed by atoms with Gasteiger partial charge in [-0.25, -0.2) is 0 Å². The van der Waals surface area contributed by atoms with Crippen molar-refractivity contribution in [2.24, 2.45) is 0 Å². The van der Waals surface area contributed by atoms with Crippen molar-refractivity contribution < 1.29 is 4.52 Å². The quantitative estimate of drug-likeness (QED) is 0.774. The third-order valence-corrected chi connectivity index (χ3v) is 3.29. The van der Waals surface area contributed by atoms with Crippen molar-refractivity contribution >= 4 is 10.9 Å². The monoisotopic (exact) mass is 270 g/mol. The largest absolute Gasteiger partial charge is 0.338 e. The zero-order chi connectivity index (χ0) is 13.9. The van der Waals surface area contributed by atoms with Crippen LogP contribution in [-0.2, 0) is 13.1 Å². The molecule has 0 aliphatic carbocycles. The van der Waals surface area contributed by atoms with Crippen LogP contribution in [0.1, 0.15) is 24.2 Å². The van der Waals surface area contributed by atoms with Crippen LogP contribution >= 0.6 is 0 Å². The predicted octanol–water partition coefficient (Wildman–Crippen LogP) is 2.49. The molecule has 0 aliphatic heterocycles. The Bertz CT molecular complexity index is 714. The van der Waals surface area contributed by atoms with E-state index in [0.717, 1.165) is 13.1 Å². The van der Waals surface area contributed by atoms with Gasteiger partial charge in [-0.15, -0.1) is 0 Å². The molecular weight excluding hydrogens is 252 g/mol. The Labute approximate surface area is 117 Å². The highest BCUT2D eigenvalue weighted by molar-refractivity contribution is 5.80. The number of rotatable bonds is 5. The molecule has 0 saturated heterocycles. The van der Waals surface area contributed by atoms with Gasteiger partial charge in [-0.2, -0.15) is 4.98 Å². The SMILES string of the molecule is CCNCc1ccc2c(ccn2Cc2nc(C)no2)c1. The zero-order valence-electron chi connectivity index (χ0n) is 11.8. The Morgan fingerprint density at radius 1 is 1.30 bits per heavy atom. The lowest BCUT2D eigenvalue weighted by molar-refractivity contribution is 0.369. The van der Waals surface area contributed by atoms with Crippen molar-refractivity contribution in [2.45, 2.75) is 26.9 Å². The van der Waals surface area contributed by atoms with Gasteiger partial charge in [0.15, 0.2) is 5.82 Å². The van der Waals surface area contributed by atoms with Gasteiger partial charge in [0, 0.05) is 18.3 Å². The Morgan fingerprint density at radius 3 is 2.95 bits per heavy atom. The van der Waals surface area contributed by atoms with Gasteiger partial charge in [0.2, 0.25) is 5.89 Å². The van der Waals surface area contributed by atoms with Crippen molar-refractivity contribution in [1.82, 2.24) is 20.0 Å². The molecule has 5 heteroatoms. The molecule has 3 aromatic rings. The van der Waals surface area contributed by atoms with Gasteiger partial charge in [0.1, 0.15) is 6.54 Å². The summed E-state index contributed by atoms with van der Waals surface area (Å²) < 4.78 is 7.30. The molecule has 0 bridgehead atoms. The highest BCUT2D eigenvalue weighted by Gasteiger charge is 2.07. The van der Waals surface area contributed by atoms with E-state index in [1.807, 2.05) is 6.92 Å². The van der Waals surface area contributed by atoms with Crippen LogP contribution in [0.25, 0.3) is 10.9 Å². The topological polar surface area (TPSA) is 55.9 Å². The molecule has 5 nitrogen and oxygen atoms in total. The fourth-order valence-electron chi connectivity index (χ4n) is 2.32. The van der Waals surface area contributed by atoms with Crippen LogP contribution in [0.2, 0.25) is 0 Å². The summed E-state index contributed by atoms with van der Waals surface area (Å²) in [6.45, 7) is 6.43. The maximum atomic E-state index is 5.17. The lowest BCUT2D eigenvalue weighted by atomic mass is 10.1. The number of nitrogens with one attached hydrogen (secondary N) is 1. The number of aryl methyl sites for hydroxylation is 1. The van der Waals surface area contributed by atoms with E-state index < -0.39 is 0 Å². The Balaban J connectivity index is 1.85. The molecule has 104 valence electrons. The maximum Gasteiger partial charge on any atom is 0.246 e. The minimum Gasteiger partial charge on any atom is -0.338 e. The van der Waals surface area contributed by atoms with Crippen LogP contribution in [-0.4, -0.2) is 21.3 Å². The smallest absolute Gasteiger partial charge is 0.246 e. The summed E-state index contributed by atoms with van der Waals surface area (Å²) in [4.78, 5) is 4.24. The number of hydrogen-bond acceptors (Lipinski definition) is 4. The molecular formula is C15H18N4O. The molecule has 0 saturated carbocycles. The Hall–Kier alpha value is -2.14. The summed E-state index contributed by atoms with van der Waals surface area (Å²) in [7, 11) is 0. The fraction of sp³-hybridized carbons (Fsp3) is 0.333. The molecule has 0 amide bonds. The maximum absolute atomic E-state index is 5.17. The van der Waals surface area contributed by atoms with Crippen LogP contribution in [0.4, 0.5) is 0 Å². The van der Waals surface area contributed by atoms with E-state index in [1.54, 1.807) is 0 Å². The van der Waals surface area contributed by atoms with Gasteiger partial charge in [-0.05, 0) is 42.6 Å². The average molecular weight is 270 g/mol. The van der Waals surface area contributed by atoms with E-state index >= 15 is 0 Å². The van der Waals surface area contributed by atoms with E-state index in [4.69, 9.17) is 4.52 Å². The second-order valence-corrected chi connectivity index (χ2v) is 4.85. The highest BCUT2D eigenvalue weighted by Crippen LogP contribution is 2.18. The Kier molecular flexibility index (Phi) is 3.52. The molecule has 20 heavy (non-hydrogen) atoms. The second kappa shape index (κ2) is 5.46. The van der Waals surface area contributed by atoms with Crippen molar-refractivity contribution in [3.05, 3.63) is 47.7 Å². The summed E-state index contributed by atoms with van der Waals surface area (Å²) in [5.41, 5.74) is 2.48. The molecule has 0 spiro atoms. The minimum atomic E-state index is 0.608. The molecule has 0 radical (unpaired) electrons. The van der Waals surface area contributed by atoms with Crippen molar-refractivity contribution in [3.8, 4) is 0 Å². The van der Waals surface area contributed by atoms with Crippen LogP contribution in [0.3, 0.4) is 0 Å². The normalized spacial score (nSPS) is 11.3. The first-order valence-electron chi connectivity index (χ1n) is 6.84. The Morgan fingerprint density at radius 2 is 2.20 bits per heavy atom. The lowest BCUT2D eigenvalue weighted by Crippen LogP contribution is -2.11. The third kappa shape index (κ3) is 2.58. The first kappa shape index (κ1) is 12.9. The molecule has 3 rings (SSSR count). The van der Waals surface area contributed by atoms with E-state index in [2.05, 4.69) is 57.4 Å². The first-order chi connectivity index (χ1) is 9.76. The van der Waals surface area contributed by atoms with Crippen LogP contribution < -0.4 is 5.32 Å². The molecule has 0 atom stereocenters. The molecule has 1 N–H and O–H groups in total. The number of fused-ring (bicyclic) bond motifs is 1. The summed E-state index contributed by atoms with van der Waals surface area (Å²) in [6.07, 6.45) is 2.06. The average Bonchev–Trinajstić information content (AvgIpc) is 3.04. The third-order valence-electron chi connectivity index (χ3n) is 3.29. The molecule has 0 aliphatic rings. The fourth-order valence-corrected chi connectivity index (χ4v) is 2.32. The molecule has 0 unspecified atom stereocenters. The number of aromatic nitrogens is 3. The first-order valence-corrected chi connectivity index (χ1v) is 6.84. The minimum absolute atomic E-state index is 0.608. The number of hydrogen-bond donors (Lipinski definition) is 1. The van der Waals surface area contributed by atoms with Gasteiger partial charge < -0.3 is 14.4 Å². The van der Waals surface area contributed by atoms with Crippen LogP contribution in [0.15, 0.2) is 35.0 Å². The molecule has 1 aromatic carbocycles.